The highest BCUT2D eigenvalue weighted by Crippen LogP contribution is 2.28. The summed E-state index contributed by atoms with van der Waals surface area (Å²) in [5, 5.41) is 0.322. The quantitative estimate of drug-likeness (QED) is 0.769. The number of halogens is 2. The molecule has 0 bridgehead atoms. The lowest BCUT2D eigenvalue weighted by Crippen LogP contribution is -1.90. The van der Waals surface area contributed by atoms with Gasteiger partial charge in [0.05, 0.1) is 5.02 Å². The number of carbonyl (C=O) groups excluding carboxylic acids is 1. The number of aldehydes is 1. The van der Waals surface area contributed by atoms with Crippen LogP contribution in [0.25, 0.3) is 0 Å². The molecule has 0 unspecified atom stereocenters. The first kappa shape index (κ1) is 12.6. The van der Waals surface area contributed by atoms with Crippen molar-refractivity contribution in [2.75, 3.05) is 0 Å². The maximum Gasteiger partial charge on any atom is 0.151 e. The van der Waals surface area contributed by atoms with E-state index >= 15 is 0 Å². The van der Waals surface area contributed by atoms with Crippen LogP contribution in [0, 0.1) is 12.7 Å². The van der Waals surface area contributed by atoms with E-state index in [-0.39, 0.29) is 5.82 Å². The van der Waals surface area contributed by atoms with E-state index < -0.39 is 0 Å². The average Bonchev–Trinajstić information content (AvgIpc) is 2.33. The van der Waals surface area contributed by atoms with Crippen molar-refractivity contribution in [1.82, 2.24) is 0 Å². The smallest absolute Gasteiger partial charge is 0.151 e. The number of ether oxygens (including phenoxy) is 1. The first-order chi connectivity index (χ1) is 8.60. The number of hydrogen-bond acceptors (Lipinski definition) is 2. The van der Waals surface area contributed by atoms with Gasteiger partial charge in [-0.2, -0.15) is 0 Å². The Labute approximate surface area is 109 Å². The molecule has 0 saturated heterocycles. The second kappa shape index (κ2) is 5.19. The molecule has 0 spiro atoms. The van der Waals surface area contributed by atoms with Gasteiger partial charge >= 0.3 is 0 Å². The zero-order chi connectivity index (χ0) is 13.1. The highest BCUT2D eigenvalue weighted by molar-refractivity contribution is 6.33. The van der Waals surface area contributed by atoms with E-state index in [4.69, 9.17) is 16.3 Å². The first-order valence-corrected chi connectivity index (χ1v) is 5.66. The van der Waals surface area contributed by atoms with Gasteiger partial charge in [0.25, 0.3) is 0 Å². The minimum Gasteiger partial charge on any atom is -0.457 e. The summed E-state index contributed by atoms with van der Waals surface area (Å²) in [6.45, 7) is 1.75. The Morgan fingerprint density at radius 1 is 1.22 bits per heavy atom. The molecule has 0 atom stereocenters. The van der Waals surface area contributed by atoms with Gasteiger partial charge in [-0.3, -0.25) is 4.79 Å². The molecule has 0 radical (unpaired) electrons. The van der Waals surface area contributed by atoms with Gasteiger partial charge in [-0.15, -0.1) is 0 Å². The zero-order valence-corrected chi connectivity index (χ0v) is 10.4. The molecule has 0 heterocycles. The largest absolute Gasteiger partial charge is 0.457 e. The van der Waals surface area contributed by atoms with Gasteiger partial charge in [0, 0.05) is 11.6 Å². The van der Waals surface area contributed by atoms with E-state index in [2.05, 4.69) is 0 Å². The molecule has 2 rings (SSSR count). The second-order valence-electron chi connectivity index (χ2n) is 3.81. The molecule has 0 aliphatic carbocycles. The van der Waals surface area contributed by atoms with Gasteiger partial charge in [-0.25, -0.2) is 4.39 Å². The molecule has 18 heavy (non-hydrogen) atoms. The third kappa shape index (κ3) is 2.68. The van der Waals surface area contributed by atoms with Crippen LogP contribution in [0.2, 0.25) is 5.02 Å². The summed E-state index contributed by atoms with van der Waals surface area (Å²) >= 11 is 5.89. The maximum atomic E-state index is 12.9. The number of hydrogen-bond donors (Lipinski definition) is 0. The summed E-state index contributed by atoms with van der Waals surface area (Å²) < 4.78 is 18.5. The first-order valence-electron chi connectivity index (χ1n) is 5.29. The molecule has 2 aromatic carbocycles. The lowest BCUT2D eigenvalue weighted by Gasteiger charge is -2.09. The van der Waals surface area contributed by atoms with Crippen LogP contribution in [0.15, 0.2) is 36.4 Å². The third-order valence-corrected chi connectivity index (χ3v) is 2.79. The Morgan fingerprint density at radius 2 is 2.00 bits per heavy atom. The van der Waals surface area contributed by atoms with E-state index in [9.17, 15) is 9.18 Å². The zero-order valence-electron chi connectivity index (χ0n) is 9.61. The van der Waals surface area contributed by atoms with Gasteiger partial charge < -0.3 is 4.74 Å². The SMILES string of the molecule is Cc1cc(F)ccc1Oc1ccc(C=O)c(Cl)c1. The van der Waals surface area contributed by atoms with Crippen molar-refractivity contribution < 1.29 is 13.9 Å². The van der Waals surface area contributed by atoms with Crippen molar-refractivity contribution in [2.45, 2.75) is 6.92 Å². The number of benzene rings is 2. The predicted molar refractivity (Wildman–Crippen MR) is 68.1 cm³/mol. The normalized spacial score (nSPS) is 10.2. The summed E-state index contributed by atoms with van der Waals surface area (Å²) in [5.74, 6) is 0.737. The number of aryl methyl sites for hydroxylation is 1. The molecular weight excluding hydrogens is 255 g/mol. The monoisotopic (exact) mass is 264 g/mol. The molecule has 2 nitrogen and oxygen atoms in total. The molecular formula is C14H10ClFO2. The summed E-state index contributed by atoms with van der Waals surface area (Å²) in [7, 11) is 0. The Hall–Kier alpha value is -1.87. The molecule has 0 N–H and O–H groups in total. The minimum atomic E-state index is -0.311. The van der Waals surface area contributed by atoms with Crippen molar-refractivity contribution in [3.8, 4) is 11.5 Å². The molecule has 0 amide bonds. The maximum absolute atomic E-state index is 12.9. The molecule has 0 aliphatic heterocycles. The average molecular weight is 265 g/mol. The predicted octanol–water partition coefficient (Wildman–Crippen LogP) is 4.39. The van der Waals surface area contributed by atoms with Crippen LogP contribution in [-0.2, 0) is 0 Å². The van der Waals surface area contributed by atoms with E-state index in [0.29, 0.717) is 33.9 Å². The fourth-order valence-corrected chi connectivity index (χ4v) is 1.74. The molecule has 2 aromatic rings. The molecule has 0 saturated carbocycles. The van der Waals surface area contributed by atoms with Crippen molar-refractivity contribution in [3.05, 3.63) is 58.4 Å². The van der Waals surface area contributed by atoms with Gasteiger partial charge in [0.1, 0.15) is 17.3 Å². The Bertz CT molecular complexity index is 596. The molecule has 92 valence electrons. The fraction of sp³-hybridized carbons (Fsp3) is 0.0714. The van der Waals surface area contributed by atoms with Gasteiger partial charge in [0.2, 0.25) is 0 Å². The van der Waals surface area contributed by atoms with Crippen LogP contribution in [0.5, 0.6) is 11.5 Å². The van der Waals surface area contributed by atoms with Crippen LogP contribution in [0.1, 0.15) is 15.9 Å². The topological polar surface area (TPSA) is 26.3 Å². The van der Waals surface area contributed by atoms with Crippen LogP contribution in [0.3, 0.4) is 0 Å². The standard InChI is InChI=1S/C14H10ClFO2/c1-9-6-11(16)3-5-14(9)18-12-4-2-10(8-17)13(15)7-12/h2-8H,1H3. The van der Waals surface area contributed by atoms with E-state index in [0.717, 1.165) is 0 Å². The minimum absolute atomic E-state index is 0.311. The Balaban J connectivity index is 2.28. The third-order valence-electron chi connectivity index (χ3n) is 2.46. The van der Waals surface area contributed by atoms with Crippen molar-refractivity contribution in [2.24, 2.45) is 0 Å². The molecule has 4 heteroatoms. The molecule has 0 aromatic heterocycles. The van der Waals surface area contributed by atoms with E-state index in [1.165, 1.54) is 12.1 Å². The van der Waals surface area contributed by atoms with Gasteiger partial charge in [-0.1, -0.05) is 11.6 Å². The highest BCUT2D eigenvalue weighted by Gasteiger charge is 2.05. The van der Waals surface area contributed by atoms with Crippen LogP contribution in [-0.4, -0.2) is 6.29 Å². The number of carbonyl (C=O) groups is 1. The Kier molecular flexibility index (Phi) is 3.63. The Morgan fingerprint density at radius 3 is 2.61 bits per heavy atom. The van der Waals surface area contributed by atoms with Crippen molar-refractivity contribution in [3.63, 3.8) is 0 Å². The summed E-state index contributed by atoms with van der Waals surface area (Å²) in [6.07, 6.45) is 0.676. The summed E-state index contributed by atoms with van der Waals surface area (Å²) in [6, 6.07) is 9.02. The van der Waals surface area contributed by atoms with Crippen molar-refractivity contribution >= 4 is 17.9 Å². The molecule has 0 fully saturated rings. The van der Waals surface area contributed by atoms with Gasteiger partial charge in [0.15, 0.2) is 6.29 Å². The van der Waals surface area contributed by atoms with Crippen LogP contribution < -0.4 is 4.74 Å². The fourth-order valence-electron chi connectivity index (χ4n) is 1.52. The van der Waals surface area contributed by atoms with E-state index in [1.807, 2.05) is 0 Å². The lowest BCUT2D eigenvalue weighted by molar-refractivity contribution is 0.112. The van der Waals surface area contributed by atoms with Crippen molar-refractivity contribution in [1.29, 1.82) is 0 Å². The van der Waals surface area contributed by atoms with Crippen LogP contribution in [0.4, 0.5) is 4.39 Å². The second-order valence-corrected chi connectivity index (χ2v) is 4.22. The molecule has 0 aliphatic rings. The number of rotatable bonds is 3. The van der Waals surface area contributed by atoms with E-state index in [1.54, 1.807) is 31.2 Å². The van der Waals surface area contributed by atoms with Crippen LogP contribution >= 0.6 is 11.6 Å². The summed E-state index contributed by atoms with van der Waals surface area (Å²) in [4.78, 5) is 10.6. The summed E-state index contributed by atoms with van der Waals surface area (Å²) in [5.41, 5.74) is 1.09. The van der Waals surface area contributed by atoms with Gasteiger partial charge in [-0.05, 0) is 42.8 Å². The lowest BCUT2D eigenvalue weighted by atomic mass is 10.2. The highest BCUT2D eigenvalue weighted by atomic mass is 35.5.